The minimum Gasteiger partial charge on any atom is -0.426 e. The van der Waals surface area contributed by atoms with Gasteiger partial charge in [-0.3, -0.25) is 9.59 Å². The van der Waals surface area contributed by atoms with Gasteiger partial charge in [-0.25, -0.2) is 0 Å². The maximum absolute atomic E-state index is 12.5. The van der Waals surface area contributed by atoms with Crippen molar-refractivity contribution in [3.05, 3.63) is 36.4 Å². The molecule has 2 aromatic carbocycles. The molecule has 0 aliphatic heterocycles. The first-order valence-electron chi connectivity index (χ1n) is 11.4. The molecule has 2 aliphatic rings. The van der Waals surface area contributed by atoms with Crippen LogP contribution in [0.3, 0.4) is 0 Å². The molecule has 2 aromatic rings. The topological polar surface area (TPSA) is 52.6 Å². The van der Waals surface area contributed by atoms with E-state index in [0.29, 0.717) is 23.3 Å². The molecule has 0 spiro atoms. The monoisotopic (exact) mass is 408 g/mol. The van der Waals surface area contributed by atoms with Crippen molar-refractivity contribution in [3.8, 4) is 11.5 Å². The van der Waals surface area contributed by atoms with Crippen molar-refractivity contribution < 1.29 is 19.1 Å². The highest BCUT2D eigenvalue weighted by molar-refractivity contribution is 5.87. The summed E-state index contributed by atoms with van der Waals surface area (Å²) in [4.78, 5) is 25.0. The Morgan fingerprint density at radius 3 is 1.37 bits per heavy atom. The average Bonchev–Trinajstić information content (AvgIpc) is 2.74. The van der Waals surface area contributed by atoms with E-state index in [-0.39, 0.29) is 23.8 Å². The lowest BCUT2D eigenvalue weighted by atomic mass is 9.83. The SMILES string of the molecule is CC1CCC(C(=O)Oc2ccc3cc(OC(=O)C4CCC(C)CC4)ccc3c2)CC1. The van der Waals surface area contributed by atoms with E-state index in [0.717, 1.165) is 62.1 Å². The van der Waals surface area contributed by atoms with Gasteiger partial charge in [-0.1, -0.05) is 26.0 Å². The van der Waals surface area contributed by atoms with Crippen molar-refractivity contribution in [2.45, 2.75) is 65.2 Å². The zero-order chi connectivity index (χ0) is 21.1. The molecule has 0 unspecified atom stereocenters. The highest BCUT2D eigenvalue weighted by Gasteiger charge is 2.27. The first-order chi connectivity index (χ1) is 14.5. The lowest BCUT2D eigenvalue weighted by molar-refractivity contribution is -0.141. The van der Waals surface area contributed by atoms with Gasteiger partial charge in [0.1, 0.15) is 11.5 Å². The lowest BCUT2D eigenvalue weighted by Gasteiger charge is -2.24. The largest absolute Gasteiger partial charge is 0.426 e. The summed E-state index contributed by atoms with van der Waals surface area (Å²) >= 11 is 0. The van der Waals surface area contributed by atoms with E-state index in [1.54, 1.807) is 0 Å². The van der Waals surface area contributed by atoms with Gasteiger partial charge in [0.25, 0.3) is 0 Å². The molecular formula is C26H32O4. The van der Waals surface area contributed by atoms with Gasteiger partial charge in [0.2, 0.25) is 0 Å². The molecule has 0 saturated heterocycles. The van der Waals surface area contributed by atoms with Crippen LogP contribution in [-0.2, 0) is 9.59 Å². The van der Waals surface area contributed by atoms with E-state index >= 15 is 0 Å². The fourth-order valence-electron chi connectivity index (χ4n) is 4.72. The van der Waals surface area contributed by atoms with Crippen molar-refractivity contribution in [1.29, 1.82) is 0 Å². The smallest absolute Gasteiger partial charge is 0.314 e. The van der Waals surface area contributed by atoms with Crippen LogP contribution in [0, 0.1) is 23.7 Å². The number of hydrogen-bond donors (Lipinski definition) is 0. The first-order valence-corrected chi connectivity index (χ1v) is 11.4. The van der Waals surface area contributed by atoms with Gasteiger partial charge in [-0.15, -0.1) is 0 Å². The van der Waals surface area contributed by atoms with Crippen LogP contribution in [0.4, 0.5) is 0 Å². The number of hydrogen-bond acceptors (Lipinski definition) is 4. The van der Waals surface area contributed by atoms with Crippen LogP contribution in [0.15, 0.2) is 36.4 Å². The highest BCUT2D eigenvalue weighted by Crippen LogP contribution is 2.32. The molecule has 4 heteroatoms. The van der Waals surface area contributed by atoms with Crippen molar-refractivity contribution in [2.24, 2.45) is 23.7 Å². The van der Waals surface area contributed by atoms with Crippen LogP contribution in [0.25, 0.3) is 10.8 Å². The summed E-state index contributed by atoms with van der Waals surface area (Å²) in [5.41, 5.74) is 0. The molecule has 4 nitrogen and oxygen atoms in total. The maximum Gasteiger partial charge on any atom is 0.314 e. The fraction of sp³-hybridized carbons (Fsp3) is 0.538. The molecule has 4 rings (SSSR count). The Bertz CT molecular complexity index is 827. The Morgan fingerprint density at radius 1 is 0.633 bits per heavy atom. The van der Waals surface area contributed by atoms with Gasteiger partial charge in [-0.2, -0.15) is 0 Å². The van der Waals surface area contributed by atoms with Crippen molar-refractivity contribution in [2.75, 3.05) is 0 Å². The molecule has 0 amide bonds. The predicted molar refractivity (Wildman–Crippen MR) is 117 cm³/mol. The third-order valence-corrected chi connectivity index (χ3v) is 6.92. The molecule has 0 bridgehead atoms. The molecular weight excluding hydrogens is 376 g/mol. The van der Waals surface area contributed by atoms with Gasteiger partial charge < -0.3 is 9.47 Å². The third kappa shape index (κ3) is 5.03. The number of ether oxygens (including phenoxy) is 2. The molecule has 160 valence electrons. The first kappa shape index (κ1) is 20.9. The summed E-state index contributed by atoms with van der Waals surface area (Å²) in [5, 5.41) is 1.92. The summed E-state index contributed by atoms with van der Waals surface area (Å²) in [6.45, 7) is 4.48. The molecule has 0 heterocycles. The van der Waals surface area contributed by atoms with Crippen LogP contribution in [0.5, 0.6) is 11.5 Å². The standard InChI is InChI=1S/C26H32O4/c1-17-3-7-19(8-4-17)25(27)29-23-13-11-22-16-24(14-12-21(22)15-23)30-26(28)20-9-5-18(2)6-10-20/h11-20H,3-10H2,1-2H3. The molecule has 30 heavy (non-hydrogen) atoms. The van der Waals surface area contributed by atoms with Crippen molar-refractivity contribution in [1.82, 2.24) is 0 Å². The van der Waals surface area contributed by atoms with Crippen LogP contribution in [-0.4, -0.2) is 11.9 Å². The molecule has 2 aliphatic carbocycles. The second-order valence-corrected chi connectivity index (χ2v) is 9.43. The summed E-state index contributed by atoms with van der Waals surface area (Å²) in [7, 11) is 0. The van der Waals surface area contributed by atoms with E-state index in [1.165, 1.54) is 0 Å². The minimum absolute atomic E-state index is 0.0152. The van der Waals surface area contributed by atoms with Gasteiger partial charge in [0.15, 0.2) is 0 Å². The summed E-state index contributed by atoms with van der Waals surface area (Å²) in [6.07, 6.45) is 8.06. The van der Waals surface area contributed by atoms with Crippen molar-refractivity contribution in [3.63, 3.8) is 0 Å². The summed E-state index contributed by atoms with van der Waals surface area (Å²) < 4.78 is 11.3. The predicted octanol–water partition coefficient (Wildman–Crippen LogP) is 6.30. The van der Waals surface area contributed by atoms with Gasteiger partial charge in [0.05, 0.1) is 11.8 Å². The fourth-order valence-corrected chi connectivity index (χ4v) is 4.72. The molecule has 0 radical (unpaired) electrons. The van der Waals surface area contributed by atoms with Crippen LogP contribution in [0.1, 0.15) is 65.2 Å². The van der Waals surface area contributed by atoms with Gasteiger partial charge in [-0.05, 0) is 98.2 Å². The van der Waals surface area contributed by atoms with E-state index in [2.05, 4.69) is 13.8 Å². The Kier molecular flexibility index (Phi) is 6.40. The van der Waals surface area contributed by atoms with Crippen LogP contribution in [0.2, 0.25) is 0 Å². The Labute approximate surface area is 178 Å². The number of benzene rings is 2. The number of carbonyl (C=O) groups is 2. The Balaban J connectivity index is 1.38. The number of esters is 2. The normalized spacial score (nSPS) is 26.9. The van der Waals surface area contributed by atoms with Gasteiger partial charge in [0, 0.05) is 0 Å². The number of carbonyl (C=O) groups excluding carboxylic acids is 2. The van der Waals surface area contributed by atoms with Gasteiger partial charge >= 0.3 is 11.9 Å². The average molecular weight is 409 g/mol. The summed E-state index contributed by atoms with van der Waals surface area (Å²) in [6, 6.07) is 11.2. The molecule has 0 atom stereocenters. The Hall–Kier alpha value is -2.36. The number of rotatable bonds is 4. The molecule has 0 aromatic heterocycles. The van der Waals surface area contributed by atoms with E-state index in [1.807, 2.05) is 36.4 Å². The lowest BCUT2D eigenvalue weighted by Crippen LogP contribution is -2.25. The number of fused-ring (bicyclic) bond motifs is 1. The van der Waals surface area contributed by atoms with E-state index in [9.17, 15) is 9.59 Å². The quantitative estimate of drug-likeness (QED) is 0.440. The van der Waals surface area contributed by atoms with E-state index < -0.39 is 0 Å². The molecule has 0 N–H and O–H groups in total. The van der Waals surface area contributed by atoms with Crippen molar-refractivity contribution >= 4 is 22.7 Å². The molecule has 2 fully saturated rings. The Morgan fingerprint density at radius 2 is 1.00 bits per heavy atom. The van der Waals surface area contributed by atoms with Crippen LogP contribution < -0.4 is 9.47 Å². The summed E-state index contributed by atoms with van der Waals surface area (Å²) in [5.74, 6) is 2.36. The maximum atomic E-state index is 12.5. The molecule has 2 saturated carbocycles. The minimum atomic E-state index is -0.117. The second kappa shape index (κ2) is 9.20. The zero-order valence-corrected chi connectivity index (χ0v) is 18.1. The second-order valence-electron chi connectivity index (χ2n) is 9.43. The van der Waals surface area contributed by atoms with E-state index in [4.69, 9.17) is 9.47 Å². The van der Waals surface area contributed by atoms with Crippen LogP contribution >= 0.6 is 0 Å². The third-order valence-electron chi connectivity index (χ3n) is 6.92. The highest BCUT2D eigenvalue weighted by atomic mass is 16.5. The zero-order valence-electron chi connectivity index (χ0n) is 18.1.